The van der Waals surface area contributed by atoms with E-state index >= 15 is 0 Å². The smallest absolute Gasteiger partial charge is 0.405 e. The molecular formula is C14H11N3O6. The molecule has 1 heterocycles. The van der Waals surface area contributed by atoms with Crippen LogP contribution in [0.4, 0.5) is 11.4 Å². The number of anilines is 1. The minimum absolute atomic E-state index is 0.184. The minimum atomic E-state index is -0.949. The number of amides is 1. The fraction of sp³-hybridized carbons (Fsp3) is 0.0714. The second-order valence-corrected chi connectivity index (χ2v) is 4.34. The topological polar surface area (TPSA) is 125 Å². The molecule has 1 aromatic heterocycles. The van der Waals surface area contributed by atoms with Gasteiger partial charge in [-0.25, -0.2) is 4.79 Å². The molecule has 0 atom stereocenters. The first kappa shape index (κ1) is 15.9. The van der Waals surface area contributed by atoms with Crippen LogP contribution in [0.3, 0.4) is 0 Å². The molecule has 0 spiro atoms. The molecule has 1 amide bonds. The van der Waals surface area contributed by atoms with Gasteiger partial charge in [0.25, 0.3) is 11.6 Å². The molecule has 0 saturated heterocycles. The van der Waals surface area contributed by atoms with Gasteiger partial charge in [-0.05, 0) is 12.1 Å². The molecule has 0 unspecified atom stereocenters. The molecule has 2 aromatic rings. The van der Waals surface area contributed by atoms with Gasteiger partial charge in [0.2, 0.25) is 0 Å². The van der Waals surface area contributed by atoms with E-state index in [9.17, 15) is 24.9 Å². The van der Waals surface area contributed by atoms with Crippen LogP contribution in [0.1, 0.15) is 10.5 Å². The van der Waals surface area contributed by atoms with Gasteiger partial charge in [0, 0.05) is 30.0 Å². The maximum atomic E-state index is 11.7. The zero-order valence-electron chi connectivity index (χ0n) is 11.7. The van der Waals surface area contributed by atoms with Gasteiger partial charge in [0.05, 0.1) is 4.92 Å². The summed E-state index contributed by atoms with van der Waals surface area (Å²) in [5, 5.41) is 24.3. The van der Waals surface area contributed by atoms with E-state index < -0.39 is 23.4 Å². The monoisotopic (exact) mass is 317 g/mol. The second-order valence-electron chi connectivity index (χ2n) is 4.34. The number of pyridine rings is 1. The Bertz CT molecular complexity index is 762. The number of hydrogen-bond acceptors (Lipinski definition) is 6. The van der Waals surface area contributed by atoms with Crippen LogP contribution in [0.2, 0.25) is 0 Å². The number of hydrogen-bond donors (Lipinski definition) is 1. The number of nitrogens with zero attached hydrogens (tertiary/aromatic N) is 2. The van der Waals surface area contributed by atoms with Crippen LogP contribution in [-0.2, 0) is 9.53 Å². The highest BCUT2D eigenvalue weighted by molar-refractivity contribution is 5.94. The molecule has 1 N–H and O–H groups in total. The predicted molar refractivity (Wildman–Crippen MR) is 77.4 cm³/mol. The molecule has 0 saturated carbocycles. The molecule has 0 fully saturated rings. The number of rotatable bonds is 5. The van der Waals surface area contributed by atoms with E-state index in [2.05, 4.69) is 5.32 Å². The number of ether oxygens (including phenoxy) is 1. The highest BCUT2D eigenvalue weighted by Gasteiger charge is 2.18. The van der Waals surface area contributed by atoms with Crippen molar-refractivity contribution in [1.29, 1.82) is 0 Å². The van der Waals surface area contributed by atoms with Crippen molar-refractivity contribution in [3.63, 3.8) is 0 Å². The van der Waals surface area contributed by atoms with E-state index in [-0.39, 0.29) is 17.1 Å². The lowest BCUT2D eigenvalue weighted by atomic mass is 10.3. The summed E-state index contributed by atoms with van der Waals surface area (Å²) in [5.74, 6) is -1.64. The minimum Gasteiger partial charge on any atom is -0.618 e. The molecule has 0 aliphatic heterocycles. The average Bonchev–Trinajstić information content (AvgIpc) is 2.53. The van der Waals surface area contributed by atoms with Crippen LogP contribution in [0.25, 0.3) is 0 Å². The Morgan fingerprint density at radius 3 is 2.70 bits per heavy atom. The van der Waals surface area contributed by atoms with Crippen LogP contribution in [-0.4, -0.2) is 23.4 Å². The van der Waals surface area contributed by atoms with Gasteiger partial charge >= 0.3 is 11.7 Å². The van der Waals surface area contributed by atoms with Gasteiger partial charge < -0.3 is 15.3 Å². The number of carbonyl (C=O) groups excluding carboxylic acids is 2. The highest BCUT2D eigenvalue weighted by Crippen LogP contribution is 2.16. The summed E-state index contributed by atoms with van der Waals surface area (Å²) in [4.78, 5) is 33.4. The zero-order valence-corrected chi connectivity index (χ0v) is 11.7. The Hall–Kier alpha value is -3.49. The molecular weight excluding hydrogens is 306 g/mol. The molecule has 0 aliphatic rings. The number of non-ortho nitro benzene ring substituents is 1. The summed E-state index contributed by atoms with van der Waals surface area (Å²) < 4.78 is 5.04. The summed E-state index contributed by atoms with van der Waals surface area (Å²) in [5.41, 5.74) is -0.244. The van der Waals surface area contributed by atoms with Crippen molar-refractivity contribution >= 4 is 23.3 Å². The van der Waals surface area contributed by atoms with Crippen molar-refractivity contribution in [2.24, 2.45) is 0 Å². The molecule has 118 valence electrons. The fourth-order valence-electron chi connectivity index (χ4n) is 1.69. The number of esters is 1. The first-order valence-corrected chi connectivity index (χ1v) is 6.37. The Kier molecular flexibility index (Phi) is 4.82. The number of nitro benzene ring substituents is 1. The third-order valence-electron chi connectivity index (χ3n) is 2.71. The van der Waals surface area contributed by atoms with Gasteiger partial charge in [-0.15, -0.1) is 0 Å². The molecule has 9 heteroatoms. The third-order valence-corrected chi connectivity index (χ3v) is 2.71. The molecule has 0 radical (unpaired) electrons. The predicted octanol–water partition coefficient (Wildman–Crippen LogP) is 1.02. The molecule has 2 rings (SSSR count). The summed E-state index contributed by atoms with van der Waals surface area (Å²) >= 11 is 0. The van der Waals surface area contributed by atoms with E-state index in [0.29, 0.717) is 4.73 Å². The maximum absolute atomic E-state index is 11.7. The van der Waals surface area contributed by atoms with Crippen molar-refractivity contribution < 1.29 is 24.0 Å². The van der Waals surface area contributed by atoms with Gasteiger partial charge in [-0.2, -0.15) is 4.73 Å². The van der Waals surface area contributed by atoms with Crippen molar-refractivity contribution in [1.82, 2.24) is 0 Å². The van der Waals surface area contributed by atoms with Crippen molar-refractivity contribution in [3.05, 3.63) is 69.7 Å². The lowest BCUT2D eigenvalue weighted by molar-refractivity contribution is -0.608. The standard InChI is InChI=1S/C14H11N3O6/c18-13(15-10-4-3-5-11(8-10)17(21)22)9-23-14(19)12-6-1-2-7-16(12)20/h1-8H,9H2,(H,15,18). The van der Waals surface area contributed by atoms with E-state index in [0.717, 1.165) is 6.20 Å². The van der Waals surface area contributed by atoms with Crippen molar-refractivity contribution in [3.8, 4) is 0 Å². The van der Waals surface area contributed by atoms with E-state index in [1.54, 1.807) is 0 Å². The molecule has 9 nitrogen and oxygen atoms in total. The van der Waals surface area contributed by atoms with E-state index in [1.807, 2.05) is 0 Å². The normalized spacial score (nSPS) is 9.91. The first-order valence-electron chi connectivity index (χ1n) is 6.37. The van der Waals surface area contributed by atoms with Crippen molar-refractivity contribution in [2.75, 3.05) is 11.9 Å². The number of nitrogens with one attached hydrogen (secondary N) is 1. The van der Waals surface area contributed by atoms with Gasteiger partial charge in [-0.1, -0.05) is 6.07 Å². The molecule has 23 heavy (non-hydrogen) atoms. The lowest BCUT2D eigenvalue weighted by Gasteiger charge is -2.06. The van der Waals surface area contributed by atoms with Crippen LogP contribution in [0, 0.1) is 15.3 Å². The molecule has 0 aliphatic carbocycles. The molecule has 0 bridgehead atoms. The van der Waals surface area contributed by atoms with Crippen LogP contribution in [0.5, 0.6) is 0 Å². The van der Waals surface area contributed by atoms with Gasteiger partial charge in [0.15, 0.2) is 12.8 Å². The Balaban J connectivity index is 1.93. The largest absolute Gasteiger partial charge is 0.618 e. The maximum Gasteiger partial charge on any atom is 0.405 e. The number of carbonyl (C=O) groups is 2. The van der Waals surface area contributed by atoms with Gasteiger partial charge in [-0.3, -0.25) is 14.9 Å². The summed E-state index contributed by atoms with van der Waals surface area (Å²) in [6, 6.07) is 9.49. The Morgan fingerprint density at radius 1 is 1.22 bits per heavy atom. The second kappa shape index (κ2) is 6.98. The quantitative estimate of drug-likeness (QED) is 0.288. The van der Waals surface area contributed by atoms with Crippen molar-refractivity contribution in [2.45, 2.75) is 0 Å². The third kappa shape index (κ3) is 4.24. The zero-order chi connectivity index (χ0) is 16.8. The Labute approximate surface area is 129 Å². The van der Waals surface area contributed by atoms with Crippen LogP contribution in [0.15, 0.2) is 48.7 Å². The Morgan fingerprint density at radius 2 is 2.00 bits per heavy atom. The number of nitro groups is 1. The van der Waals surface area contributed by atoms with E-state index in [1.165, 1.54) is 42.5 Å². The van der Waals surface area contributed by atoms with Crippen LogP contribution < -0.4 is 10.0 Å². The molecule has 1 aromatic carbocycles. The summed E-state index contributed by atoms with van der Waals surface area (Å²) in [7, 11) is 0. The summed E-state index contributed by atoms with van der Waals surface area (Å²) in [6.45, 7) is -0.629. The van der Waals surface area contributed by atoms with Crippen LogP contribution >= 0.6 is 0 Å². The summed E-state index contributed by atoms with van der Waals surface area (Å²) in [6.07, 6.45) is 1.12. The first-order chi connectivity index (χ1) is 11.0. The number of benzene rings is 1. The van der Waals surface area contributed by atoms with E-state index in [4.69, 9.17) is 4.74 Å². The average molecular weight is 317 g/mol. The highest BCUT2D eigenvalue weighted by atomic mass is 16.6. The fourth-order valence-corrected chi connectivity index (χ4v) is 1.69. The number of aromatic nitrogens is 1. The lowest BCUT2D eigenvalue weighted by Crippen LogP contribution is -2.35. The van der Waals surface area contributed by atoms with Gasteiger partial charge in [0.1, 0.15) is 0 Å². The SMILES string of the molecule is O=C(COC(=O)c1cccc[n+]1[O-])Nc1cccc([N+](=O)[O-])c1.